The lowest BCUT2D eigenvalue weighted by Gasteiger charge is -2.31. The van der Waals surface area contributed by atoms with Crippen LogP contribution in [0.2, 0.25) is 0 Å². The molecule has 4 nitrogen and oxygen atoms in total. The van der Waals surface area contributed by atoms with Gasteiger partial charge in [-0.3, -0.25) is 9.59 Å². The van der Waals surface area contributed by atoms with Crippen LogP contribution in [0.5, 0.6) is 0 Å². The Labute approximate surface area is 119 Å². The van der Waals surface area contributed by atoms with E-state index in [-0.39, 0.29) is 18.2 Å². The molecule has 0 aromatic heterocycles. The lowest BCUT2D eigenvalue weighted by atomic mass is 9.93. The molecular weight excluding hydrogens is 254 g/mol. The van der Waals surface area contributed by atoms with Gasteiger partial charge in [-0.15, -0.1) is 0 Å². The van der Waals surface area contributed by atoms with Gasteiger partial charge in [0.25, 0.3) is 0 Å². The van der Waals surface area contributed by atoms with Crippen molar-refractivity contribution in [2.24, 2.45) is 5.92 Å². The Kier molecular flexibility index (Phi) is 5.16. The highest BCUT2D eigenvalue weighted by Gasteiger charge is 2.23. The van der Waals surface area contributed by atoms with Crippen LogP contribution in [-0.2, 0) is 16.0 Å². The number of benzene rings is 1. The lowest BCUT2D eigenvalue weighted by molar-refractivity contribution is -0.138. The van der Waals surface area contributed by atoms with Crippen LogP contribution in [0, 0.1) is 5.92 Å². The van der Waals surface area contributed by atoms with E-state index in [0.29, 0.717) is 19.5 Å². The molecule has 0 spiro atoms. The maximum atomic E-state index is 12.1. The van der Waals surface area contributed by atoms with Crippen molar-refractivity contribution in [2.75, 3.05) is 13.1 Å². The quantitative estimate of drug-likeness (QED) is 0.897. The Bertz CT molecular complexity index is 450. The van der Waals surface area contributed by atoms with E-state index < -0.39 is 5.97 Å². The average molecular weight is 275 g/mol. The van der Waals surface area contributed by atoms with Crippen molar-refractivity contribution < 1.29 is 14.7 Å². The summed E-state index contributed by atoms with van der Waals surface area (Å²) < 4.78 is 0. The summed E-state index contributed by atoms with van der Waals surface area (Å²) in [7, 11) is 0. The van der Waals surface area contributed by atoms with Crippen LogP contribution in [0.3, 0.4) is 0 Å². The van der Waals surface area contributed by atoms with Crippen LogP contribution < -0.4 is 0 Å². The van der Waals surface area contributed by atoms with Crippen LogP contribution in [0.4, 0.5) is 0 Å². The number of carboxylic acids is 1. The van der Waals surface area contributed by atoms with E-state index in [1.165, 1.54) is 5.56 Å². The van der Waals surface area contributed by atoms with E-state index in [1.54, 1.807) is 0 Å². The number of nitrogens with zero attached hydrogens (tertiary/aromatic N) is 1. The second-order valence-corrected chi connectivity index (χ2v) is 5.41. The van der Waals surface area contributed by atoms with Gasteiger partial charge in [0.2, 0.25) is 5.91 Å². The second-order valence-electron chi connectivity index (χ2n) is 5.41. The summed E-state index contributed by atoms with van der Waals surface area (Å²) in [4.78, 5) is 24.6. The van der Waals surface area contributed by atoms with Crippen LogP contribution >= 0.6 is 0 Å². The third kappa shape index (κ3) is 4.37. The number of amides is 1. The van der Waals surface area contributed by atoms with Gasteiger partial charge in [0.05, 0.1) is 0 Å². The zero-order valence-corrected chi connectivity index (χ0v) is 11.6. The normalized spacial score (nSPS) is 16.1. The van der Waals surface area contributed by atoms with Crippen molar-refractivity contribution >= 4 is 11.9 Å². The zero-order valence-electron chi connectivity index (χ0n) is 11.6. The summed E-state index contributed by atoms with van der Waals surface area (Å²) >= 11 is 0. The number of hydrogen-bond acceptors (Lipinski definition) is 2. The Morgan fingerprint density at radius 3 is 2.40 bits per heavy atom. The van der Waals surface area contributed by atoms with Gasteiger partial charge in [0.15, 0.2) is 0 Å². The van der Waals surface area contributed by atoms with Crippen LogP contribution in [0.15, 0.2) is 30.3 Å². The molecule has 20 heavy (non-hydrogen) atoms. The minimum absolute atomic E-state index is 0.183. The molecule has 0 radical (unpaired) electrons. The number of carbonyl (C=O) groups excluding carboxylic acids is 1. The number of carboxylic acid groups (broad SMARTS) is 1. The lowest BCUT2D eigenvalue weighted by Crippen LogP contribution is -2.39. The van der Waals surface area contributed by atoms with Crippen molar-refractivity contribution in [2.45, 2.75) is 32.1 Å². The third-order valence-electron chi connectivity index (χ3n) is 3.90. The monoisotopic (exact) mass is 275 g/mol. The molecule has 1 aliphatic rings. The van der Waals surface area contributed by atoms with Crippen molar-refractivity contribution in [3.63, 3.8) is 0 Å². The van der Waals surface area contributed by atoms with Gasteiger partial charge in [-0.1, -0.05) is 30.3 Å². The minimum atomic E-state index is -0.737. The molecule has 0 bridgehead atoms. The van der Waals surface area contributed by atoms with Crippen molar-refractivity contribution in [1.29, 1.82) is 0 Å². The fourth-order valence-corrected chi connectivity index (χ4v) is 2.69. The summed E-state index contributed by atoms with van der Waals surface area (Å²) in [5, 5.41) is 8.77. The zero-order chi connectivity index (χ0) is 14.4. The third-order valence-corrected chi connectivity index (χ3v) is 3.90. The van der Waals surface area contributed by atoms with Crippen molar-refractivity contribution in [1.82, 2.24) is 4.90 Å². The Hall–Kier alpha value is -1.84. The molecular formula is C16H21NO3. The maximum Gasteiger partial charge on any atom is 0.303 e. The Balaban J connectivity index is 1.73. The molecule has 1 aromatic carbocycles. The van der Waals surface area contributed by atoms with Gasteiger partial charge in [0, 0.05) is 25.9 Å². The molecule has 1 aliphatic heterocycles. The van der Waals surface area contributed by atoms with E-state index in [0.717, 1.165) is 19.3 Å². The molecule has 1 fully saturated rings. The van der Waals surface area contributed by atoms with Gasteiger partial charge in [-0.25, -0.2) is 0 Å². The van der Waals surface area contributed by atoms with E-state index in [2.05, 4.69) is 0 Å². The first-order valence-electron chi connectivity index (χ1n) is 7.18. The molecule has 1 aromatic rings. The molecule has 1 heterocycles. The van der Waals surface area contributed by atoms with E-state index in [4.69, 9.17) is 5.11 Å². The molecule has 1 amide bonds. The standard InChI is InChI=1S/C16H21NO3/c18-15(7-6-13-4-2-1-3-5-13)17-10-8-14(9-11-17)12-16(19)20/h1-5,14H,6-12H2,(H,19,20). The van der Waals surface area contributed by atoms with E-state index >= 15 is 0 Å². The average Bonchev–Trinajstić information content (AvgIpc) is 2.46. The van der Waals surface area contributed by atoms with Gasteiger partial charge in [-0.2, -0.15) is 0 Å². The molecule has 0 unspecified atom stereocenters. The molecule has 4 heteroatoms. The molecule has 0 aliphatic carbocycles. The summed E-state index contributed by atoms with van der Waals surface area (Å²) in [6.07, 6.45) is 3.15. The SMILES string of the molecule is O=C(O)CC1CCN(C(=O)CCc2ccccc2)CC1. The topological polar surface area (TPSA) is 57.6 Å². The number of likely N-dealkylation sites (tertiary alicyclic amines) is 1. The predicted molar refractivity (Wildman–Crippen MR) is 76.3 cm³/mol. The van der Waals surface area contributed by atoms with Crippen molar-refractivity contribution in [3.8, 4) is 0 Å². The summed E-state index contributed by atoms with van der Waals surface area (Å²) in [5.74, 6) is -0.327. The fourth-order valence-electron chi connectivity index (χ4n) is 2.69. The smallest absolute Gasteiger partial charge is 0.303 e. The van der Waals surface area contributed by atoms with Crippen molar-refractivity contribution in [3.05, 3.63) is 35.9 Å². The highest BCUT2D eigenvalue weighted by molar-refractivity contribution is 5.76. The van der Waals surface area contributed by atoms with Gasteiger partial charge in [-0.05, 0) is 30.7 Å². The fraction of sp³-hybridized carbons (Fsp3) is 0.500. The summed E-state index contributed by atoms with van der Waals surface area (Å²) in [6, 6.07) is 10.0. The number of carbonyl (C=O) groups is 2. The highest BCUT2D eigenvalue weighted by Crippen LogP contribution is 2.21. The van der Waals surface area contributed by atoms with Gasteiger partial charge < -0.3 is 10.0 Å². The van der Waals surface area contributed by atoms with E-state index in [1.807, 2.05) is 35.2 Å². The Morgan fingerprint density at radius 2 is 1.80 bits per heavy atom. The molecule has 0 atom stereocenters. The molecule has 2 rings (SSSR count). The summed E-state index contributed by atoms with van der Waals surface area (Å²) in [6.45, 7) is 1.40. The molecule has 1 N–H and O–H groups in total. The largest absolute Gasteiger partial charge is 0.481 e. The number of rotatable bonds is 5. The van der Waals surface area contributed by atoms with Crippen LogP contribution in [0.25, 0.3) is 0 Å². The number of aliphatic carboxylic acids is 1. The Morgan fingerprint density at radius 1 is 1.15 bits per heavy atom. The first kappa shape index (κ1) is 14.6. The number of aryl methyl sites for hydroxylation is 1. The number of hydrogen-bond donors (Lipinski definition) is 1. The van der Waals surface area contributed by atoms with Crippen LogP contribution in [0.1, 0.15) is 31.2 Å². The van der Waals surface area contributed by atoms with Crippen LogP contribution in [-0.4, -0.2) is 35.0 Å². The number of piperidine rings is 1. The molecule has 108 valence electrons. The second kappa shape index (κ2) is 7.08. The van der Waals surface area contributed by atoms with Gasteiger partial charge in [0.1, 0.15) is 0 Å². The van der Waals surface area contributed by atoms with Gasteiger partial charge >= 0.3 is 5.97 Å². The maximum absolute atomic E-state index is 12.1. The predicted octanol–water partition coefficient (Wildman–Crippen LogP) is 2.33. The van der Waals surface area contributed by atoms with E-state index in [9.17, 15) is 9.59 Å². The minimum Gasteiger partial charge on any atom is -0.481 e. The highest BCUT2D eigenvalue weighted by atomic mass is 16.4. The molecule has 0 saturated carbocycles. The first-order chi connectivity index (χ1) is 9.65. The summed E-state index contributed by atoms with van der Waals surface area (Å²) in [5.41, 5.74) is 1.18. The molecule has 1 saturated heterocycles. The first-order valence-corrected chi connectivity index (χ1v) is 7.18.